The van der Waals surface area contributed by atoms with Gasteiger partial charge in [0.15, 0.2) is 0 Å². The highest BCUT2D eigenvalue weighted by molar-refractivity contribution is 6.16. The van der Waals surface area contributed by atoms with E-state index in [-0.39, 0.29) is 38.1 Å². The number of nitrogens with zero attached hydrogens (tertiary/aromatic N) is 5. The van der Waals surface area contributed by atoms with Gasteiger partial charge in [-0.05, 0) is 110 Å². The second-order valence-corrected chi connectivity index (χ2v) is 24.0. The van der Waals surface area contributed by atoms with E-state index in [1.807, 2.05) is 79.0 Å². The van der Waals surface area contributed by atoms with Crippen molar-refractivity contribution >= 4 is 54.6 Å². The molecule has 0 saturated carbocycles. The van der Waals surface area contributed by atoms with Gasteiger partial charge in [0.2, 0.25) is 0 Å². The van der Waals surface area contributed by atoms with Crippen molar-refractivity contribution in [3.63, 3.8) is 0 Å². The quantitative estimate of drug-likeness (QED) is 0.107. The highest BCUT2D eigenvalue weighted by atomic mass is 16.5. The number of pyridine rings is 1. The Labute approximate surface area is 474 Å². The van der Waals surface area contributed by atoms with Crippen molar-refractivity contribution in [3.05, 3.63) is 241 Å². The fraction of sp³-hybridized carbons (Fsp3) is 0.178. The second kappa shape index (κ2) is 18.9. The predicted octanol–water partition coefficient (Wildman–Crippen LogP) is 18.6. The van der Waals surface area contributed by atoms with E-state index in [1.165, 1.54) is 11.1 Å². The minimum Gasteiger partial charge on any atom is -0.458 e. The molecule has 6 heteroatoms. The summed E-state index contributed by atoms with van der Waals surface area (Å²) in [4.78, 5) is 4.98. The van der Waals surface area contributed by atoms with Crippen LogP contribution < -0.4 is 9.30 Å². The van der Waals surface area contributed by atoms with Crippen molar-refractivity contribution in [2.45, 2.75) is 79.6 Å². The summed E-state index contributed by atoms with van der Waals surface area (Å²) in [7, 11) is 0. The SMILES string of the molecule is [2H]c1c([2H])c([2H])c2c(c1[2H])c1c([2H])c([2H])c([2H])c([2H])c1n2-c1cc(Oc2cccc(-n3[c-][n+](-c4c(-c5ccccc5)cccc4-c4cc(C(C)(C)C)cc(C(C)(C)C)c4)c4ccccc43)c2)cc2c1c1ccccc1n2-c1cc(CC(C)(C)C)ccn1. The average Bonchev–Trinajstić information content (AvgIpc) is 1.55. The Morgan fingerprint density at radius 2 is 1.15 bits per heavy atom. The number of benzene rings is 9. The van der Waals surface area contributed by atoms with E-state index in [0.717, 1.165) is 67.5 Å². The van der Waals surface area contributed by atoms with Crippen LogP contribution in [0.1, 0.15) is 90.0 Å². The van der Waals surface area contributed by atoms with Gasteiger partial charge in [-0.1, -0.05) is 214 Å². The molecule has 13 rings (SSSR count). The summed E-state index contributed by atoms with van der Waals surface area (Å²) in [6.07, 6.45) is 6.43. The molecular weight excluding hydrogens is 963 g/mol. The Morgan fingerprint density at radius 3 is 1.85 bits per heavy atom. The van der Waals surface area contributed by atoms with E-state index < -0.39 is 48.3 Å². The summed E-state index contributed by atoms with van der Waals surface area (Å²) in [5.74, 6) is 1.44. The first kappa shape index (κ1) is 41.1. The number of hydrogen-bond donors (Lipinski definition) is 0. The molecule has 0 amide bonds. The molecule has 0 N–H and O–H groups in total. The number of fused-ring (bicyclic) bond motifs is 7. The van der Waals surface area contributed by atoms with Gasteiger partial charge in [0.1, 0.15) is 17.3 Å². The summed E-state index contributed by atoms with van der Waals surface area (Å²) < 4.78 is 88.4. The maximum Gasteiger partial charge on any atom is 0.269 e. The summed E-state index contributed by atoms with van der Waals surface area (Å²) in [5.41, 5.74) is 13.0. The van der Waals surface area contributed by atoms with Crippen LogP contribution >= 0.6 is 0 Å². The van der Waals surface area contributed by atoms with Crippen LogP contribution in [0, 0.1) is 11.7 Å². The zero-order valence-corrected chi connectivity index (χ0v) is 46.0. The maximum absolute atomic E-state index is 9.55. The van der Waals surface area contributed by atoms with Gasteiger partial charge in [-0.25, -0.2) is 4.98 Å². The molecule has 0 bridgehead atoms. The van der Waals surface area contributed by atoms with Gasteiger partial charge < -0.3 is 9.30 Å². The Kier molecular flexibility index (Phi) is 9.83. The Bertz CT molecular complexity index is 4870. The van der Waals surface area contributed by atoms with Gasteiger partial charge in [-0.2, -0.15) is 0 Å². The van der Waals surface area contributed by atoms with Gasteiger partial charge in [0, 0.05) is 39.9 Å². The topological polar surface area (TPSA) is 40.8 Å². The summed E-state index contributed by atoms with van der Waals surface area (Å²) in [6, 6.07) is 52.2. The second-order valence-electron chi connectivity index (χ2n) is 24.0. The molecule has 0 unspecified atom stereocenters. The van der Waals surface area contributed by atoms with Crippen LogP contribution in [0.5, 0.6) is 11.5 Å². The van der Waals surface area contributed by atoms with Crippen LogP contribution in [-0.2, 0) is 17.3 Å². The van der Waals surface area contributed by atoms with Crippen molar-refractivity contribution in [2.75, 3.05) is 0 Å². The highest BCUT2D eigenvalue weighted by Gasteiger charge is 2.26. The zero-order valence-electron chi connectivity index (χ0n) is 54.0. The first-order valence-corrected chi connectivity index (χ1v) is 27.0. The van der Waals surface area contributed by atoms with Gasteiger partial charge in [-0.15, -0.1) is 0 Å². The van der Waals surface area contributed by atoms with E-state index in [9.17, 15) is 5.48 Å². The number of ether oxygens (including phenoxy) is 1. The number of hydrogen-bond acceptors (Lipinski definition) is 2. The molecule has 13 aromatic rings. The molecular formula is C73H65N5O. The lowest BCUT2D eigenvalue weighted by Crippen LogP contribution is -2.31. The molecule has 0 fully saturated rings. The summed E-state index contributed by atoms with van der Waals surface area (Å²) in [6.45, 7) is 20.2. The Hall–Kier alpha value is -9.00. The van der Waals surface area contributed by atoms with E-state index in [0.29, 0.717) is 33.9 Å². The fourth-order valence-electron chi connectivity index (χ4n) is 11.3. The molecule has 79 heavy (non-hydrogen) atoms. The third kappa shape index (κ3) is 8.95. The lowest BCUT2D eigenvalue weighted by atomic mass is 9.78. The number of rotatable bonds is 9. The van der Waals surface area contributed by atoms with Crippen LogP contribution in [0.4, 0.5) is 0 Å². The molecule has 0 saturated heterocycles. The van der Waals surface area contributed by atoms with Crippen molar-refractivity contribution in [1.29, 1.82) is 0 Å². The molecule has 388 valence electrons. The summed E-state index contributed by atoms with van der Waals surface area (Å²) in [5, 5.41) is 1.37. The lowest BCUT2D eigenvalue weighted by molar-refractivity contribution is -0.571. The third-order valence-electron chi connectivity index (χ3n) is 15.0. The minimum atomic E-state index is -0.515. The number of aromatic nitrogens is 5. The standard InChI is InChI=1S/C73H65N5O/c1-71(2,3)46-48-37-38-74-68(39-48)78-63-34-18-15-29-60(63)69-66(77-61-32-16-13-27-58(61)59-28-14-17-33-62(59)77)44-55(45-67(69)78)79-54-26-21-25-53(43-54)75-47-76(65-36-20-19-35-64(65)75)70-56(49-23-11-10-12-24-49)30-22-31-57(70)50-40-51(72(4,5)6)42-52(41-50)73(7,8)9/h10-45H,46H2,1-9H3/i13D,14D,16D,17D,27D,28D,32D,33D. The van der Waals surface area contributed by atoms with Gasteiger partial charge >= 0.3 is 0 Å². The highest BCUT2D eigenvalue weighted by Crippen LogP contribution is 2.44. The molecule has 6 nitrogen and oxygen atoms in total. The van der Waals surface area contributed by atoms with Crippen molar-refractivity contribution in [1.82, 2.24) is 18.7 Å². The molecule has 4 aromatic heterocycles. The fourth-order valence-corrected chi connectivity index (χ4v) is 11.3. The van der Waals surface area contributed by atoms with E-state index in [1.54, 1.807) is 10.6 Å². The van der Waals surface area contributed by atoms with Gasteiger partial charge in [-0.3, -0.25) is 13.7 Å². The van der Waals surface area contributed by atoms with Crippen LogP contribution in [0.3, 0.4) is 0 Å². The molecule has 0 aliphatic heterocycles. The van der Waals surface area contributed by atoms with E-state index in [2.05, 4.69) is 167 Å². The van der Waals surface area contributed by atoms with Crippen molar-refractivity contribution < 1.29 is 20.3 Å². The Morgan fingerprint density at radius 1 is 0.519 bits per heavy atom. The molecule has 0 spiro atoms. The van der Waals surface area contributed by atoms with Gasteiger partial charge in [0.25, 0.3) is 6.33 Å². The van der Waals surface area contributed by atoms with Crippen LogP contribution in [0.2, 0.25) is 0 Å². The van der Waals surface area contributed by atoms with E-state index >= 15 is 0 Å². The Balaban J connectivity index is 1.05. The normalized spacial score (nSPS) is 13.8. The van der Waals surface area contributed by atoms with Crippen LogP contribution in [0.25, 0.3) is 99.8 Å². The van der Waals surface area contributed by atoms with Crippen molar-refractivity contribution in [2.24, 2.45) is 5.41 Å². The smallest absolute Gasteiger partial charge is 0.269 e. The van der Waals surface area contributed by atoms with E-state index in [4.69, 9.17) is 15.2 Å². The largest absolute Gasteiger partial charge is 0.458 e. The number of imidazole rings is 1. The molecule has 9 aromatic carbocycles. The molecule has 4 heterocycles. The van der Waals surface area contributed by atoms with Gasteiger partial charge in [0.05, 0.1) is 61.1 Å². The third-order valence-corrected chi connectivity index (χ3v) is 15.0. The zero-order chi connectivity index (χ0) is 61.3. The van der Waals surface area contributed by atoms with Crippen LogP contribution in [-0.4, -0.2) is 18.7 Å². The maximum atomic E-state index is 9.55. The minimum absolute atomic E-state index is 0.00227. The summed E-state index contributed by atoms with van der Waals surface area (Å²) >= 11 is 0. The van der Waals surface area contributed by atoms with Crippen LogP contribution in [0.15, 0.2) is 218 Å². The number of para-hydroxylation sites is 6. The lowest BCUT2D eigenvalue weighted by Gasteiger charge is -2.27. The monoisotopic (exact) mass is 1040 g/mol. The average molecular weight is 1040 g/mol. The van der Waals surface area contributed by atoms with Crippen molar-refractivity contribution in [3.8, 4) is 56.6 Å². The molecule has 0 atom stereocenters. The molecule has 0 aliphatic rings. The first-order valence-electron chi connectivity index (χ1n) is 31.0. The molecule has 0 aliphatic carbocycles. The molecule has 0 radical (unpaired) electrons. The predicted molar refractivity (Wildman–Crippen MR) is 328 cm³/mol. The first-order chi connectivity index (χ1) is 41.4.